The second-order valence-electron chi connectivity index (χ2n) is 5.61. The van der Waals surface area contributed by atoms with Crippen molar-refractivity contribution in [3.05, 3.63) is 38.8 Å². The fraction of sp³-hybridized carbons (Fsp3) is 0.429. The molecule has 0 radical (unpaired) electrons. The Balaban J connectivity index is 2.08. The van der Waals surface area contributed by atoms with Crippen LogP contribution in [0.15, 0.2) is 18.3 Å². The van der Waals surface area contributed by atoms with Gasteiger partial charge in [-0.2, -0.15) is 5.10 Å². The van der Waals surface area contributed by atoms with E-state index in [1.807, 2.05) is 23.7 Å². The summed E-state index contributed by atoms with van der Waals surface area (Å²) in [4.78, 5) is 13.2. The molecule has 1 amide bonds. The summed E-state index contributed by atoms with van der Waals surface area (Å²) in [5.74, 6) is -0.109. The van der Waals surface area contributed by atoms with Gasteiger partial charge in [-0.1, -0.05) is 11.6 Å². The van der Waals surface area contributed by atoms with Crippen LogP contribution in [0.1, 0.15) is 41.7 Å². The summed E-state index contributed by atoms with van der Waals surface area (Å²) in [6.07, 6.45) is 1.62. The molecule has 0 aliphatic heterocycles. The van der Waals surface area contributed by atoms with E-state index < -0.39 is 0 Å². The maximum Gasteiger partial charge on any atom is 0.255 e. The Morgan fingerprint density at radius 2 is 2.15 bits per heavy atom. The van der Waals surface area contributed by atoms with Crippen LogP contribution < -0.4 is 5.32 Å². The Morgan fingerprint density at radius 3 is 2.65 bits per heavy atom. The van der Waals surface area contributed by atoms with Gasteiger partial charge in [0.25, 0.3) is 5.91 Å². The number of thiophene rings is 1. The summed E-state index contributed by atoms with van der Waals surface area (Å²) in [7, 11) is 0. The first-order valence-electron chi connectivity index (χ1n) is 6.36. The minimum Gasteiger partial charge on any atom is -0.347 e. The van der Waals surface area contributed by atoms with Gasteiger partial charge in [-0.15, -0.1) is 11.3 Å². The number of carbonyl (C=O) groups excluding carboxylic acids is 1. The second-order valence-corrected chi connectivity index (χ2v) is 7.41. The molecule has 0 fully saturated rings. The summed E-state index contributed by atoms with van der Waals surface area (Å²) < 4.78 is 2.59. The monoisotopic (exact) mass is 311 g/mol. The topological polar surface area (TPSA) is 46.9 Å². The van der Waals surface area contributed by atoms with Crippen molar-refractivity contribution in [2.45, 2.75) is 39.8 Å². The molecule has 1 N–H and O–H groups in total. The summed E-state index contributed by atoms with van der Waals surface area (Å²) >= 11 is 7.33. The SMILES string of the molecule is Cc1c(C(=O)NCc2ccc(Cl)s2)cnn1C(C)(C)C. The van der Waals surface area contributed by atoms with Gasteiger partial charge in [-0.05, 0) is 39.8 Å². The number of nitrogens with zero attached hydrogens (tertiary/aromatic N) is 2. The van der Waals surface area contributed by atoms with Gasteiger partial charge in [-0.25, -0.2) is 0 Å². The first-order valence-corrected chi connectivity index (χ1v) is 7.56. The Morgan fingerprint density at radius 1 is 1.45 bits per heavy atom. The highest BCUT2D eigenvalue weighted by Crippen LogP contribution is 2.21. The molecule has 0 saturated carbocycles. The van der Waals surface area contributed by atoms with Crippen LogP contribution in [0.25, 0.3) is 0 Å². The minimum atomic E-state index is -0.135. The number of hydrogen-bond donors (Lipinski definition) is 1. The molecular weight excluding hydrogens is 294 g/mol. The third-order valence-corrected chi connectivity index (χ3v) is 4.17. The smallest absolute Gasteiger partial charge is 0.255 e. The molecule has 2 heterocycles. The molecule has 0 aliphatic rings. The number of amides is 1. The van der Waals surface area contributed by atoms with Crippen molar-refractivity contribution < 1.29 is 4.79 Å². The predicted octanol–water partition coefficient (Wildman–Crippen LogP) is 3.59. The quantitative estimate of drug-likeness (QED) is 0.941. The lowest BCUT2D eigenvalue weighted by Crippen LogP contribution is -2.26. The molecule has 0 saturated heterocycles. The van der Waals surface area contributed by atoms with Crippen molar-refractivity contribution in [3.8, 4) is 0 Å². The molecule has 108 valence electrons. The van der Waals surface area contributed by atoms with Crippen LogP contribution in [0.5, 0.6) is 0 Å². The van der Waals surface area contributed by atoms with Gasteiger partial charge in [0.05, 0.1) is 28.2 Å². The molecule has 4 nitrogen and oxygen atoms in total. The van der Waals surface area contributed by atoms with E-state index in [1.165, 1.54) is 11.3 Å². The van der Waals surface area contributed by atoms with Crippen LogP contribution in [0.3, 0.4) is 0 Å². The van der Waals surface area contributed by atoms with E-state index in [0.29, 0.717) is 12.1 Å². The molecular formula is C14H18ClN3OS. The van der Waals surface area contributed by atoms with Crippen molar-refractivity contribution in [2.75, 3.05) is 0 Å². The van der Waals surface area contributed by atoms with E-state index in [1.54, 1.807) is 6.20 Å². The van der Waals surface area contributed by atoms with E-state index in [9.17, 15) is 4.79 Å². The number of nitrogens with one attached hydrogen (secondary N) is 1. The molecule has 0 bridgehead atoms. The van der Waals surface area contributed by atoms with Gasteiger partial charge < -0.3 is 5.32 Å². The first kappa shape index (κ1) is 15.1. The Kier molecular flexibility index (Phi) is 4.20. The number of carbonyl (C=O) groups is 1. The van der Waals surface area contributed by atoms with E-state index in [4.69, 9.17) is 11.6 Å². The fourth-order valence-corrected chi connectivity index (χ4v) is 3.05. The molecule has 2 aromatic rings. The van der Waals surface area contributed by atoms with Crippen LogP contribution in [-0.4, -0.2) is 15.7 Å². The maximum atomic E-state index is 12.2. The normalized spacial score (nSPS) is 11.7. The fourth-order valence-electron chi connectivity index (χ4n) is 2.02. The van der Waals surface area contributed by atoms with Crippen LogP contribution in [0.2, 0.25) is 4.34 Å². The largest absolute Gasteiger partial charge is 0.347 e. The molecule has 0 unspecified atom stereocenters. The highest BCUT2D eigenvalue weighted by Gasteiger charge is 2.21. The zero-order chi connectivity index (χ0) is 14.9. The zero-order valence-electron chi connectivity index (χ0n) is 12.0. The number of aromatic nitrogens is 2. The summed E-state index contributed by atoms with van der Waals surface area (Å²) in [6, 6.07) is 3.75. The molecule has 2 rings (SSSR count). The third kappa shape index (κ3) is 3.22. The Labute approximate surface area is 127 Å². The van der Waals surface area contributed by atoms with Gasteiger partial charge in [0.15, 0.2) is 0 Å². The third-order valence-electron chi connectivity index (χ3n) is 2.94. The average Bonchev–Trinajstić information content (AvgIpc) is 2.91. The van der Waals surface area contributed by atoms with E-state index >= 15 is 0 Å². The van der Waals surface area contributed by atoms with E-state index in [2.05, 4.69) is 31.2 Å². The highest BCUT2D eigenvalue weighted by molar-refractivity contribution is 7.16. The molecule has 0 atom stereocenters. The van der Waals surface area contributed by atoms with Crippen LogP contribution in [-0.2, 0) is 12.1 Å². The van der Waals surface area contributed by atoms with E-state index in [0.717, 1.165) is 14.9 Å². The van der Waals surface area contributed by atoms with Crippen LogP contribution >= 0.6 is 22.9 Å². The van der Waals surface area contributed by atoms with Crippen molar-refractivity contribution in [1.82, 2.24) is 15.1 Å². The summed E-state index contributed by atoms with van der Waals surface area (Å²) in [5, 5.41) is 7.20. The highest BCUT2D eigenvalue weighted by atomic mass is 35.5. The average molecular weight is 312 g/mol. The lowest BCUT2D eigenvalue weighted by molar-refractivity contribution is 0.0950. The van der Waals surface area contributed by atoms with Gasteiger partial charge in [-0.3, -0.25) is 9.48 Å². The standard InChI is InChI=1S/C14H18ClN3OS/c1-9-11(8-17-18(9)14(2,3)4)13(19)16-7-10-5-6-12(15)20-10/h5-6,8H,7H2,1-4H3,(H,16,19). The number of rotatable bonds is 3. The minimum absolute atomic E-state index is 0.109. The maximum absolute atomic E-state index is 12.2. The van der Waals surface area contributed by atoms with Crippen molar-refractivity contribution in [2.24, 2.45) is 0 Å². The van der Waals surface area contributed by atoms with Gasteiger partial charge >= 0.3 is 0 Å². The van der Waals surface area contributed by atoms with Crippen LogP contribution in [0, 0.1) is 6.92 Å². The Bertz CT molecular complexity index is 625. The van der Waals surface area contributed by atoms with Crippen molar-refractivity contribution in [3.63, 3.8) is 0 Å². The van der Waals surface area contributed by atoms with Crippen molar-refractivity contribution in [1.29, 1.82) is 0 Å². The lowest BCUT2D eigenvalue weighted by Gasteiger charge is -2.21. The summed E-state index contributed by atoms with van der Waals surface area (Å²) in [6.45, 7) is 8.57. The molecule has 0 spiro atoms. The molecule has 20 heavy (non-hydrogen) atoms. The van der Waals surface area contributed by atoms with Crippen molar-refractivity contribution >= 4 is 28.8 Å². The molecule has 6 heteroatoms. The molecule has 0 aliphatic carbocycles. The van der Waals surface area contributed by atoms with Gasteiger partial charge in [0, 0.05) is 10.6 Å². The van der Waals surface area contributed by atoms with Crippen LogP contribution in [0.4, 0.5) is 0 Å². The van der Waals surface area contributed by atoms with Gasteiger partial charge in [0.2, 0.25) is 0 Å². The predicted molar refractivity (Wildman–Crippen MR) is 82.5 cm³/mol. The molecule has 2 aromatic heterocycles. The Hall–Kier alpha value is -1.33. The first-order chi connectivity index (χ1) is 9.29. The second kappa shape index (κ2) is 5.58. The van der Waals surface area contributed by atoms with Gasteiger partial charge in [0.1, 0.15) is 0 Å². The molecule has 0 aromatic carbocycles. The lowest BCUT2D eigenvalue weighted by atomic mass is 10.1. The summed E-state index contributed by atoms with van der Waals surface area (Å²) in [5.41, 5.74) is 1.35. The number of hydrogen-bond acceptors (Lipinski definition) is 3. The number of halogens is 1. The van der Waals surface area contributed by atoms with E-state index in [-0.39, 0.29) is 11.4 Å². The zero-order valence-corrected chi connectivity index (χ0v) is 13.6.